The van der Waals surface area contributed by atoms with Crippen LogP contribution in [0.2, 0.25) is 0 Å². The Hall–Kier alpha value is -1.14. The van der Waals surface area contributed by atoms with Gasteiger partial charge in [-0.1, -0.05) is 0 Å². The molecule has 2 fully saturated rings. The maximum absolute atomic E-state index is 11.5. The molecule has 2 saturated heterocycles. The SMILES string of the molecule is O=C(CN1CCOCC1)OC1CCOC1=O. The van der Waals surface area contributed by atoms with E-state index < -0.39 is 12.1 Å². The van der Waals surface area contributed by atoms with Gasteiger partial charge in [0.15, 0.2) is 0 Å². The van der Waals surface area contributed by atoms with Gasteiger partial charge in [-0.3, -0.25) is 9.69 Å². The second-order valence-corrected chi connectivity index (χ2v) is 3.82. The molecule has 6 heteroatoms. The zero-order valence-corrected chi connectivity index (χ0v) is 9.02. The number of hydrogen-bond donors (Lipinski definition) is 0. The lowest BCUT2D eigenvalue weighted by molar-refractivity contribution is -0.161. The van der Waals surface area contributed by atoms with Crippen LogP contribution >= 0.6 is 0 Å². The third-order valence-electron chi connectivity index (χ3n) is 2.62. The van der Waals surface area contributed by atoms with Crippen LogP contribution < -0.4 is 0 Å². The summed E-state index contributed by atoms with van der Waals surface area (Å²) in [5.74, 6) is -0.805. The van der Waals surface area contributed by atoms with E-state index in [0.717, 1.165) is 13.1 Å². The standard InChI is InChI=1S/C10H15NO5/c12-9(7-11-2-5-14-6-3-11)16-8-1-4-15-10(8)13/h8H,1-7H2. The van der Waals surface area contributed by atoms with Crippen LogP contribution in [0.4, 0.5) is 0 Å². The first-order valence-corrected chi connectivity index (χ1v) is 5.42. The minimum Gasteiger partial charge on any atom is -0.463 e. The van der Waals surface area contributed by atoms with E-state index in [0.29, 0.717) is 26.2 Å². The summed E-state index contributed by atoms with van der Waals surface area (Å²) in [5, 5.41) is 0. The van der Waals surface area contributed by atoms with Crippen molar-refractivity contribution in [1.82, 2.24) is 4.90 Å². The molecule has 0 aromatic heterocycles. The molecule has 2 aliphatic heterocycles. The predicted molar refractivity (Wildman–Crippen MR) is 52.7 cm³/mol. The molecule has 1 unspecified atom stereocenters. The molecule has 1 atom stereocenters. The zero-order valence-electron chi connectivity index (χ0n) is 9.02. The minimum absolute atomic E-state index is 0.215. The second kappa shape index (κ2) is 5.27. The molecule has 0 N–H and O–H groups in total. The topological polar surface area (TPSA) is 65.1 Å². The molecule has 0 radical (unpaired) electrons. The van der Waals surface area contributed by atoms with Crippen LogP contribution in [0.5, 0.6) is 0 Å². The van der Waals surface area contributed by atoms with Crippen molar-refractivity contribution in [2.75, 3.05) is 39.5 Å². The Balaban J connectivity index is 1.72. The lowest BCUT2D eigenvalue weighted by Crippen LogP contribution is -2.41. The second-order valence-electron chi connectivity index (χ2n) is 3.82. The Morgan fingerprint density at radius 3 is 2.75 bits per heavy atom. The summed E-state index contributed by atoms with van der Waals surface area (Å²) in [6.45, 7) is 3.29. The molecule has 0 aromatic rings. The van der Waals surface area contributed by atoms with Crippen molar-refractivity contribution < 1.29 is 23.8 Å². The summed E-state index contributed by atoms with van der Waals surface area (Å²) in [6, 6.07) is 0. The highest BCUT2D eigenvalue weighted by atomic mass is 16.6. The Morgan fingerprint density at radius 2 is 2.12 bits per heavy atom. The quantitative estimate of drug-likeness (QED) is 0.589. The molecule has 0 spiro atoms. The highest BCUT2D eigenvalue weighted by molar-refractivity contribution is 5.81. The Labute approximate surface area is 93.4 Å². The Kier molecular flexibility index (Phi) is 3.74. The van der Waals surface area contributed by atoms with E-state index in [4.69, 9.17) is 14.2 Å². The molecule has 2 heterocycles. The summed E-state index contributed by atoms with van der Waals surface area (Å²) in [6.07, 6.45) is -0.234. The number of carbonyl (C=O) groups excluding carboxylic acids is 2. The Morgan fingerprint density at radius 1 is 1.38 bits per heavy atom. The number of rotatable bonds is 3. The van der Waals surface area contributed by atoms with Gasteiger partial charge in [-0.15, -0.1) is 0 Å². The fourth-order valence-corrected chi connectivity index (χ4v) is 1.72. The number of carbonyl (C=O) groups is 2. The third-order valence-corrected chi connectivity index (χ3v) is 2.62. The van der Waals surface area contributed by atoms with Crippen LogP contribution in [0.25, 0.3) is 0 Å². The van der Waals surface area contributed by atoms with Gasteiger partial charge in [0, 0.05) is 19.5 Å². The first kappa shape index (κ1) is 11.3. The summed E-state index contributed by atoms with van der Waals surface area (Å²) < 4.78 is 14.9. The van der Waals surface area contributed by atoms with Gasteiger partial charge < -0.3 is 14.2 Å². The van der Waals surface area contributed by atoms with Gasteiger partial charge in [0.2, 0.25) is 6.10 Å². The lowest BCUT2D eigenvalue weighted by atomic mass is 10.3. The number of esters is 2. The van der Waals surface area contributed by atoms with Crippen LogP contribution in [0.15, 0.2) is 0 Å². The fourth-order valence-electron chi connectivity index (χ4n) is 1.72. The van der Waals surface area contributed by atoms with Crippen molar-refractivity contribution in [3.63, 3.8) is 0 Å². The van der Waals surface area contributed by atoms with Crippen LogP contribution in [-0.4, -0.2) is 62.4 Å². The summed E-state index contributed by atoms with van der Waals surface area (Å²) in [7, 11) is 0. The molecule has 0 amide bonds. The number of morpholine rings is 1. The van der Waals surface area contributed by atoms with E-state index in [1.165, 1.54) is 0 Å². The summed E-state index contributed by atoms with van der Waals surface area (Å²) >= 11 is 0. The van der Waals surface area contributed by atoms with Gasteiger partial charge >= 0.3 is 11.9 Å². The number of nitrogens with zero attached hydrogens (tertiary/aromatic N) is 1. The van der Waals surface area contributed by atoms with E-state index >= 15 is 0 Å². The van der Waals surface area contributed by atoms with E-state index in [2.05, 4.69) is 0 Å². The molecule has 0 bridgehead atoms. The highest BCUT2D eigenvalue weighted by Crippen LogP contribution is 2.10. The van der Waals surface area contributed by atoms with Gasteiger partial charge in [0.05, 0.1) is 26.4 Å². The molecular weight excluding hydrogens is 214 g/mol. The molecular formula is C10H15NO5. The fraction of sp³-hybridized carbons (Fsp3) is 0.800. The number of ether oxygens (including phenoxy) is 3. The van der Waals surface area contributed by atoms with Crippen LogP contribution in [-0.2, 0) is 23.8 Å². The normalized spacial score (nSPS) is 26.5. The maximum atomic E-state index is 11.5. The third kappa shape index (κ3) is 2.93. The molecule has 0 aromatic carbocycles. The average Bonchev–Trinajstić information content (AvgIpc) is 2.66. The van der Waals surface area contributed by atoms with Gasteiger partial charge in [-0.2, -0.15) is 0 Å². The van der Waals surface area contributed by atoms with Gasteiger partial charge in [-0.25, -0.2) is 4.79 Å². The first-order chi connectivity index (χ1) is 7.75. The molecule has 0 saturated carbocycles. The van der Waals surface area contributed by atoms with Crippen molar-refractivity contribution in [1.29, 1.82) is 0 Å². The smallest absolute Gasteiger partial charge is 0.347 e. The van der Waals surface area contributed by atoms with Gasteiger partial charge in [-0.05, 0) is 0 Å². The van der Waals surface area contributed by atoms with Crippen molar-refractivity contribution in [2.45, 2.75) is 12.5 Å². The lowest BCUT2D eigenvalue weighted by Gasteiger charge is -2.25. The van der Waals surface area contributed by atoms with E-state index in [1.807, 2.05) is 4.90 Å². The first-order valence-electron chi connectivity index (χ1n) is 5.42. The summed E-state index contributed by atoms with van der Waals surface area (Å²) in [4.78, 5) is 24.5. The predicted octanol–water partition coefficient (Wildman–Crippen LogP) is -0.823. The number of hydrogen-bond acceptors (Lipinski definition) is 6. The molecule has 2 aliphatic rings. The van der Waals surface area contributed by atoms with E-state index in [9.17, 15) is 9.59 Å². The number of cyclic esters (lactones) is 1. The molecule has 2 rings (SSSR count). The van der Waals surface area contributed by atoms with Gasteiger partial charge in [0.25, 0.3) is 0 Å². The highest BCUT2D eigenvalue weighted by Gasteiger charge is 2.30. The van der Waals surface area contributed by atoms with E-state index in [1.54, 1.807) is 0 Å². The largest absolute Gasteiger partial charge is 0.463 e. The van der Waals surface area contributed by atoms with Crippen molar-refractivity contribution in [3.05, 3.63) is 0 Å². The Bertz CT molecular complexity index is 274. The van der Waals surface area contributed by atoms with Crippen LogP contribution in [0.1, 0.15) is 6.42 Å². The molecule has 6 nitrogen and oxygen atoms in total. The molecule has 90 valence electrons. The van der Waals surface area contributed by atoms with E-state index in [-0.39, 0.29) is 12.5 Å². The maximum Gasteiger partial charge on any atom is 0.347 e. The van der Waals surface area contributed by atoms with Crippen molar-refractivity contribution in [3.8, 4) is 0 Å². The van der Waals surface area contributed by atoms with Crippen molar-refractivity contribution >= 4 is 11.9 Å². The zero-order chi connectivity index (χ0) is 11.4. The molecule has 0 aliphatic carbocycles. The van der Waals surface area contributed by atoms with Crippen LogP contribution in [0.3, 0.4) is 0 Å². The average molecular weight is 229 g/mol. The van der Waals surface area contributed by atoms with Gasteiger partial charge in [0.1, 0.15) is 0 Å². The summed E-state index contributed by atoms with van der Waals surface area (Å²) in [5.41, 5.74) is 0. The minimum atomic E-state index is -0.700. The van der Waals surface area contributed by atoms with Crippen LogP contribution in [0, 0.1) is 0 Å². The molecule has 16 heavy (non-hydrogen) atoms. The van der Waals surface area contributed by atoms with Crippen molar-refractivity contribution in [2.24, 2.45) is 0 Å². The monoisotopic (exact) mass is 229 g/mol.